The smallest absolute Gasteiger partial charge is 0.243 e. The highest BCUT2D eigenvalue weighted by molar-refractivity contribution is 7.89. The Hall–Kier alpha value is -2.33. The number of anilines is 2. The molecule has 33 heavy (non-hydrogen) atoms. The molecule has 1 aliphatic heterocycles. The quantitative estimate of drug-likeness (QED) is 0.585. The molecule has 8 nitrogen and oxygen atoms in total. The molecule has 0 bridgehead atoms. The number of aromatic hydroxyl groups is 1. The number of carbonyl (C=O) groups is 1. The summed E-state index contributed by atoms with van der Waals surface area (Å²) in [5.41, 5.74) is 1.31. The first-order valence-electron chi connectivity index (χ1n) is 11.1. The first-order valence-corrected chi connectivity index (χ1v) is 12.9. The second-order valence-corrected chi connectivity index (χ2v) is 10.3. The van der Waals surface area contributed by atoms with Crippen LogP contribution in [0.5, 0.6) is 5.75 Å². The lowest BCUT2D eigenvalue weighted by atomic mass is 10.2. The van der Waals surface area contributed by atoms with Crippen LogP contribution in [0.25, 0.3) is 0 Å². The highest BCUT2D eigenvalue weighted by atomic mass is 35.5. The monoisotopic (exact) mass is 494 g/mol. The second-order valence-electron chi connectivity index (χ2n) is 7.94. The van der Waals surface area contributed by atoms with Crippen molar-refractivity contribution >= 4 is 38.9 Å². The molecule has 1 aliphatic rings. The van der Waals surface area contributed by atoms with E-state index in [2.05, 4.69) is 15.1 Å². The number of sulfonamides is 1. The van der Waals surface area contributed by atoms with E-state index in [1.165, 1.54) is 22.5 Å². The van der Waals surface area contributed by atoms with Crippen LogP contribution < -0.4 is 10.2 Å². The van der Waals surface area contributed by atoms with Gasteiger partial charge in [0.25, 0.3) is 0 Å². The minimum absolute atomic E-state index is 0.0982. The maximum absolute atomic E-state index is 12.9. The van der Waals surface area contributed by atoms with Gasteiger partial charge in [0.05, 0.1) is 21.6 Å². The Labute approximate surface area is 200 Å². The summed E-state index contributed by atoms with van der Waals surface area (Å²) in [4.78, 5) is 17.3. The molecular weight excluding hydrogens is 464 g/mol. The highest BCUT2D eigenvalue weighted by Gasteiger charge is 2.27. The minimum atomic E-state index is -3.66. The van der Waals surface area contributed by atoms with Crippen LogP contribution in [0, 0.1) is 0 Å². The van der Waals surface area contributed by atoms with Gasteiger partial charge in [0.2, 0.25) is 15.9 Å². The molecule has 1 atom stereocenters. The maximum Gasteiger partial charge on any atom is 0.243 e. The van der Waals surface area contributed by atoms with E-state index < -0.39 is 16.1 Å². The number of piperazine rings is 1. The summed E-state index contributed by atoms with van der Waals surface area (Å²) >= 11 is 6.27. The Morgan fingerprint density at radius 2 is 1.70 bits per heavy atom. The number of hydrogen-bond donors (Lipinski definition) is 2. The highest BCUT2D eigenvalue weighted by Crippen LogP contribution is 2.27. The molecule has 0 aromatic heterocycles. The number of benzene rings is 2. The van der Waals surface area contributed by atoms with Crippen LogP contribution in [0.1, 0.15) is 20.8 Å². The maximum atomic E-state index is 12.9. The topological polar surface area (TPSA) is 93.2 Å². The Morgan fingerprint density at radius 3 is 2.27 bits per heavy atom. The summed E-state index contributed by atoms with van der Waals surface area (Å²) in [6, 6.07) is 11.0. The molecule has 1 unspecified atom stereocenters. The Morgan fingerprint density at radius 1 is 1.09 bits per heavy atom. The fourth-order valence-electron chi connectivity index (χ4n) is 3.91. The summed E-state index contributed by atoms with van der Waals surface area (Å²) in [6.07, 6.45) is 0. The lowest BCUT2D eigenvalue weighted by molar-refractivity contribution is -0.120. The number of hydrogen-bond acceptors (Lipinski definition) is 6. The third-order valence-electron chi connectivity index (χ3n) is 6.00. The molecule has 0 radical (unpaired) electrons. The van der Waals surface area contributed by atoms with Gasteiger partial charge in [0.1, 0.15) is 5.75 Å². The fraction of sp³-hybridized carbons (Fsp3) is 0.435. The molecule has 10 heteroatoms. The van der Waals surface area contributed by atoms with Gasteiger partial charge in [-0.3, -0.25) is 9.69 Å². The van der Waals surface area contributed by atoms with Gasteiger partial charge in [-0.2, -0.15) is 4.31 Å². The molecule has 1 heterocycles. The standard InChI is InChI=1S/C23H31ClN4O4S/c1-4-28(5-2)33(31,32)20-10-11-21(24)22(16-20)25-23(30)17(3)26-12-14-27(15-13-26)18-6-8-19(29)9-7-18/h6-11,16-17,29H,4-5,12-15H2,1-3H3,(H,25,30). The first kappa shape index (κ1) is 25.3. The average molecular weight is 495 g/mol. The molecule has 0 aliphatic carbocycles. The first-order chi connectivity index (χ1) is 15.7. The zero-order valence-corrected chi connectivity index (χ0v) is 20.7. The summed E-state index contributed by atoms with van der Waals surface area (Å²) in [7, 11) is -3.66. The van der Waals surface area contributed by atoms with Gasteiger partial charge in [0, 0.05) is 45.0 Å². The van der Waals surface area contributed by atoms with Gasteiger partial charge in [-0.05, 0) is 49.4 Å². The van der Waals surface area contributed by atoms with Gasteiger partial charge in [0.15, 0.2) is 0 Å². The predicted molar refractivity (Wildman–Crippen MR) is 132 cm³/mol. The lowest BCUT2D eigenvalue weighted by Crippen LogP contribution is -2.52. The number of halogens is 1. The van der Waals surface area contributed by atoms with Crippen LogP contribution in [0.2, 0.25) is 5.02 Å². The van der Waals surface area contributed by atoms with Crippen LogP contribution in [-0.2, 0) is 14.8 Å². The zero-order valence-electron chi connectivity index (χ0n) is 19.2. The van der Waals surface area contributed by atoms with Crippen LogP contribution in [-0.4, -0.2) is 73.9 Å². The largest absolute Gasteiger partial charge is 0.508 e. The van der Waals surface area contributed by atoms with Crippen molar-refractivity contribution in [2.75, 3.05) is 49.5 Å². The van der Waals surface area contributed by atoms with E-state index in [1.807, 2.05) is 19.1 Å². The van der Waals surface area contributed by atoms with Crippen molar-refractivity contribution in [3.63, 3.8) is 0 Å². The molecule has 1 amide bonds. The number of amides is 1. The third-order valence-corrected chi connectivity index (χ3v) is 8.37. The third kappa shape index (κ3) is 5.78. The number of carbonyl (C=O) groups excluding carboxylic acids is 1. The molecule has 2 N–H and O–H groups in total. The lowest BCUT2D eigenvalue weighted by Gasteiger charge is -2.38. The molecule has 0 saturated carbocycles. The zero-order chi connectivity index (χ0) is 24.2. The normalized spacial score (nSPS) is 16.1. The number of nitrogens with one attached hydrogen (secondary N) is 1. The molecular formula is C23H31ClN4O4S. The van der Waals surface area contributed by atoms with Gasteiger partial charge in [-0.15, -0.1) is 0 Å². The van der Waals surface area contributed by atoms with Crippen LogP contribution >= 0.6 is 11.6 Å². The van der Waals surface area contributed by atoms with E-state index in [1.54, 1.807) is 26.0 Å². The summed E-state index contributed by atoms with van der Waals surface area (Å²) in [5.74, 6) is -0.0114. The van der Waals surface area contributed by atoms with Crippen molar-refractivity contribution in [2.45, 2.75) is 31.7 Å². The van der Waals surface area contributed by atoms with Crippen LogP contribution in [0.3, 0.4) is 0 Å². The minimum Gasteiger partial charge on any atom is -0.508 e. The van der Waals surface area contributed by atoms with Crippen molar-refractivity contribution < 1.29 is 18.3 Å². The summed E-state index contributed by atoms with van der Waals surface area (Å²) in [5, 5.41) is 12.6. The van der Waals surface area contributed by atoms with Crippen LogP contribution in [0.15, 0.2) is 47.4 Å². The average Bonchev–Trinajstić information content (AvgIpc) is 2.81. The number of phenols is 1. The Balaban J connectivity index is 1.66. The van der Waals surface area contributed by atoms with E-state index >= 15 is 0 Å². The van der Waals surface area contributed by atoms with Crippen molar-refractivity contribution in [3.05, 3.63) is 47.5 Å². The Kier molecular flexibility index (Phi) is 8.23. The van der Waals surface area contributed by atoms with Crippen molar-refractivity contribution in [2.24, 2.45) is 0 Å². The van der Waals surface area contributed by atoms with E-state index in [4.69, 9.17) is 11.6 Å². The molecule has 2 aromatic rings. The summed E-state index contributed by atoms with van der Waals surface area (Å²) in [6.45, 7) is 8.99. The van der Waals surface area contributed by atoms with Gasteiger partial charge >= 0.3 is 0 Å². The molecule has 1 saturated heterocycles. The molecule has 0 spiro atoms. The molecule has 3 rings (SSSR count). The van der Waals surface area contributed by atoms with E-state index in [-0.39, 0.29) is 27.3 Å². The number of rotatable bonds is 8. The van der Waals surface area contributed by atoms with Gasteiger partial charge in [-0.1, -0.05) is 25.4 Å². The van der Waals surface area contributed by atoms with Crippen molar-refractivity contribution in [1.82, 2.24) is 9.21 Å². The number of nitrogens with zero attached hydrogens (tertiary/aromatic N) is 3. The van der Waals surface area contributed by atoms with Gasteiger partial charge in [-0.25, -0.2) is 8.42 Å². The fourth-order valence-corrected chi connectivity index (χ4v) is 5.56. The summed E-state index contributed by atoms with van der Waals surface area (Å²) < 4.78 is 27.0. The molecule has 2 aromatic carbocycles. The second kappa shape index (κ2) is 10.7. The molecule has 180 valence electrons. The van der Waals surface area contributed by atoms with E-state index in [0.29, 0.717) is 26.2 Å². The SMILES string of the molecule is CCN(CC)S(=O)(=O)c1ccc(Cl)c(NC(=O)C(C)N2CCN(c3ccc(O)cc3)CC2)c1. The van der Waals surface area contributed by atoms with E-state index in [9.17, 15) is 18.3 Å². The van der Waals surface area contributed by atoms with Crippen molar-refractivity contribution in [1.29, 1.82) is 0 Å². The Bertz CT molecular complexity index is 1070. The number of phenolic OH excluding ortho intramolecular Hbond substituents is 1. The van der Waals surface area contributed by atoms with E-state index in [0.717, 1.165) is 18.8 Å². The molecule has 1 fully saturated rings. The van der Waals surface area contributed by atoms with Crippen molar-refractivity contribution in [3.8, 4) is 5.75 Å². The van der Waals surface area contributed by atoms with Gasteiger partial charge < -0.3 is 15.3 Å². The van der Waals surface area contributed by atoms with Crippen LogP contribution in [0.4, 0.5) is 11.4 Å². The predicted octanol–water partition coefficient (Wildman–Crippen LogP) is 3.23.